The van der Waals surface area contributed by atoms with E-state index in [0.717, 1.165) is 6.07 Å². The SMILES string of the molecule is CC1Cn2ncc(-c3ccc(F)cc3F)c2CN1C(=O)Cc1ccnc(C(F)F)c1. The molecule has 0 N–H and O–H groups in total. The minimum Gasteiger partial charge on any atom is -0.332 e. The molecule has 0 aliphatic carbocycles. The summed E-state index contributed by atoms with van der Waals surface area (Å²) in [5.74, 6) is -1.63. The van der Waals surface area contributed by atoms with Crippen LogP contribution in [0.15, 0.2) is 42.7 Å². The largest absolute Gasteiger partial charge is 0.332 e. The third kappa shape index (κ3) is 3.79. The lowest BCUT2D eigenvalue weighted by Crippen LogP contribution is -2.45. The number of amides is 1. The Bertz CT molecular complexity index is 1100. The number of benzene rings is 1. The van der Waals surface area contributed by atoms with E-state index in [9.17, 15) is 22.4 Å². The normalized spacial score (nSPS) is 16.1. The first-order chi connectivity index (χ1) is 14.3. The molecule has 0 bridgehead atoms. The van der Waals surface area contributed by atoms with Gasteiger partial charge >= 0.3 is 0 Å². The Kier molecular flexibility index (Phi) is 5.27. The van der Waals surface area contributed by atoms with Gasteiger partial charge in [-0.1, -0.05) is 0 Å². The molecule has 0 saturated heterocycles. The first-order valence-corrected chi connectivity index (χ1v) is 9.36. The van der Waals surface area contributed by atoms with Crippen LogP contribution in [0.2, 0.25) is 0 Å². The number of hydrogen-bond acceptors (Lipinski definition) is 3. The second kappa shape index (κ2) is 7.89. The fraction of sp³-hybridized carbons (Fsp3) is 0.286. The minimum absolute atomic E-state index is 0.0546. The Morgan fingerprint density at radius 2 is 2.00 bits per heavy atom. The maximum absolute atomic E-state index is 14.3. The van der Waals surface area contributed by atoms with E-state index in [2.05, 4.69) is 10.1 Å². The molecule has 3 heterocycles. The summed E-state index contributed by atoms with van der Waals surface area (Å²) >= 11 is 0. The highest BCUT2D eigenvalue weighted by Crippen LogP contribution is 2.31. The molecule has 1 amide bonds. The summed E-state index contributed by atoms with van der Waals surface area (Å²) in [5.41, 5.74) is 1.40. The Morgan fingerprint density at radius 3 is 2.73 bits per heavy atom. The fourth-order valence-electron chi connectivity index (χ4n) is 3.67. The van der Waals surface area contributed by atoms with Crippen molar-refractivity contribution in [3.8, 4) is 11.1 Å². The zero-order valence-corrected chi connectivity index (χ0v) is 16.0. The van der Waals surface area contributed by atoms with Gasteiger partial charge in [0.2, 0.25) is 5.91 Å². The summed E-state index contributed by atoms with van der Waals surface area (Å²) in [6.07, 6.45) is -0.00394. The minimum atomic E-state index is -2.71. The first-order valence-electron chi connectivity index (χ1n) is 9.36. The number of pyridine rings is 1. The van der Waals surface area contributed by atoms with E-state index < -0.39 is 18.1 Å². The molecule has 0 radical (unpaired) electrons. The van der Waals surface area contributed by atoms with Gasteiger partial charge < -0.3 is 4.90 Å². The van der Waals surface area contributed by atoms with Crippen molar-refractivity contribution in [3.63, 3.8) is 0 Å². The highest BCUT2D eigenvalue weighted by Gasteiger charge is 2.30. The lowest BCUT2D eigenvalue weighted by atomic mass is 10.0. The van der Waals surface area contributed by atoms with Crippen LogP contribution in [0.1, 0.15) is 30.3 Å². The number of carbonyl (C=O) groups is 1. The average Bonchev–Trinajstić information content (AvgIpc) is 3.10. The highest BCUT2D eigenvalue weighted by atomic mass is 19.3. The van der Waals surface area contributed by atoms with Crippen molar-refractivity contribution in [2.75, 3.05) is 0 Å². The molecule has 1 aromatic carbocycles. The van der Waals surface area contributed by atoms with Gasteiger partial charge in [-0.25, -0.2) is 17.6 Å². The zero-order chi connectivity index (χ0) is 21.4. The topological polar surface area (TPSA) is 51.0 Å². The van der Waals surface area contributed by atoms with Crippen molar-refractivity contribution in [1.82, 2.24) is 19.7 Å². The Hall–Kier alpha value is -3.23. The van der Waals surface area contributed by atoms with Gasteiger partial charge in [-0.3, -0.25) is 14.5 Å². The number of hydrogen-bond donors (Lipinski definition) is 0. The lowest BCUT2D eigenvalue weighted by molar-refractivity contribution is -0.134. The number of nitrogens with zero attached hydrogens (tertiary/aromatic N) is 4. The smallest absolute Gasteiger partial charge is 0.280 e. The fourth-order valence-corrected chi connectivity index (χ4v) is 3.67. The third-order valence-electron chi connectivity index (χ3n) is 5.20. The van der Waals surface area contributed by atoms with E-state index in [-0.39, 0.29) is 36.2 Å². The summed E-state index contributed by atoms with van der Waals surface area (Å²) in [5, 5.41) is 4.28. The summed E-state index contributed by atoms with van der Waals surface area (Å²) in [4.78, 5) is 18.1. The van der Waals surface area contributed by atoms with Crippen LogP contribution in [0.4, 0.5) is 17.6 Å². The number of rotatable bonds is 4. The number of alkyl halides is 2. The molecule has 1 unspecified atom stereocenters. The predicted octanol–water partition coefficient (Wildman–Crippen LogP) is 4.13. The maximum Gasteiger partial charge on any atom is 0.280 e. The standard InChI is InChI=1S/C21H18F4N4O/c1-12-10-29-19(16(9-27-29)15-3-2-14(22)8-17(15)23)11-28(12)20(30)7-13-4-5-26-18(6-13)21(24)25/h2-6,8-9,12,21H,7,10-11H2,1H3. The molecule has 0 fully saturated rings. The van der Waals surface area contributed by atoms with Gasteiger partial charge in [-0.15, -0.1) is 0 Å². The molecule has 4 rings (SSSR count). The van der Waals surface area contributed by atoms with Crippen molar-refractivity contribution < 1.29 is 22.4 Å². The first kappa shape index (κ1) is 20.1. The monoisotopic (exact) mass is 418 g/mol. The maximum atomic E-state index is 14.3. The molecule has 30 heavy (non-hydrogen) atoms. The summed E-state index contributed by atoms with van der Waals surface area (Å²) in [6.45, 7) is 2.44. The molecule has 0 saturated carbocycles. The number of aromatic nitrogens is 3. The van der Waals surface area contributed by atoms with Crippen LogP contribution < -0.4 is 0 Å². The Labute approximate surface area is 170 Å². The quantitative estimate of drug-likeness (QED) is 0.599. The van der Waals surface area contributed by atoms with E-state index in [1.54, 1.807) is 9.58 Å². The van der Waals surface area contributed by atoms with Crippen LogP contribution in [-0.2, 0) is 24.3 Å². The van der Waals surface area contributed by atoms with Crippen molar-refractivity contribution >= 4 is 5.91 Å². The van der Waals surface area contributed by atoms with Gasteiger partial charge in [0.15, 0.2) is 0 Å². The molecule has 0 spiro atoms. The van der Waals surface area contributed by atoms with Gasteiger partial charge in [-0.2, -0.15) is 5.10 Å². The lowest BCUT2D eigenvalue weighted by Gasteiger charge is -2.34. The van der Waals surface area contributed by atoms with Gasteiger partial charge in [0, 0.05) is 29.4 Å². The van der Waals surface area contributed by atoms with Gasteiger partial charge in [0.25, 0.3) is 6.43 Å². The predicted molar refractivity (Wildman–Crippen MR) is 100 cm³/mol. The van der Waals surface area contributed by atoms with Crippen molar-refractivity contribution in [3.05, 3.63) is 71.3 Å². The van der Waals surface area contributed by atoms with E-state index in [1.165, 1.54) is 36.7 Å². The summed E-state index contributed by atoms with van der Waals surface area (Å²) in [7, 11) is 0. The highest BCUT2D eigenvalue weighted by molar-refractivity contribution is 5.79. The average molecular weight is 418 g/mol. The number of fused-ring (bicyclic) bond motifs is 1. The summed E-state index contributed by atoms with van der Waals surface area (Å²) in [6, 6.07) is 5.88. The molecule has 1 atom stereocenters. The van der Waals surface area contributed by atoms with E-state index >= 15 is 0 Å². The number of halogens is 4. The second-order valence-electron chi connectivity index (χ2n) is 7.25. The number of carbonyl (C=O) groups excluding carboxylic acids is 1. The Balaban J connectivity index is 1.59. The van der Waals surface area contributed by atoms with Gasteiger partial charge in [0.05, 0.1) is 31.4 Å². The van der Waals surface area contributed by atoms with Crippen LogP contribution in [0.3, 0.4) is 0 Å². The second-order valence-corrected chi connectivity index (χ2v) is 7.25. The van der Waals surface area contributed by atoms with Crippen LogP contribution in [-0.4, -0.2) is 31.6 Å². The molecule has 1 aliphatic rings. The molecule has 5 nitrogen and oxygen atoms in total. The van der Waals surface area contributed by atoms with Crippen LogP contribution >= 0.6 is 0 Å². The molecule has 3 aromatic rings. The van der Waals surface area contributed by atoms with Crippen LogP contribution in [0, 0.1) is 11.6 Å². The summed E-state index contributed by atoms with van der Waals surface area (Å²) < 4.78 is 55.0. The van der Waals surface area contributed by atoms with Gasteiger partial charge in [0.1, 0.15) is 17.3 Å². The molecular formula is C21H18F4N4O. The van der Waals surface area contributed by atoms with Crippen LogP contribution in [0.25, 0.3) is 11.1 Å². The Morgan fingerprint density at radius 1 is 1.20 bits per heavy atom. The molecule has 156 valence electrons. The molecular weight excluding hydrogens is 400 g/mol. The molecule has 1 aliphatic heterocycles. The van der Waals surface area contributed by atoms with E-state index in [1.807, 2.05) is 6.92 Å². The van der Waals surface area contributed by atoms with Crippen LogP contribution in [0.5, 0.6) is 0 Å². The van der Waals surface area contributed by atoms with Crippen molar-refractivity contribution in [1.29, 1.82) is 0 Å². The zero-order valence-electron chi connectivity index (χ0n) is 16.0. The molecule has 9 heteroatoms. The third-order valence-corrected chi connectivity index (χ3v) is 5.20. The van der Waals surface area contributed by atoms with Crippen molar-refractivity contribution in [2.45, 2.75) is 38.9 Å². The van der Waals surface area contributed by atoms with E-state index in [0.29, 0.717) is 23.4 Å². The molecule has 2 aromatic heterocycles. The van der Waals surface area contributed by atoms with E-state index in [4.69, 9.17) is 0 Å². The van der Waals surface area contributed by atoms with Crippen molar-refractivity contribution in [2.24, 2.45) is 0 Å². The van der Waals surface area contributed by atoms with Gasteiger partial charge in [-0.05, 0) is 36.8 Å².